The maximum Gasteiger partial charge on any atom is 0.232 e. The number of hydrogen-bond acceptors (Lipinski definition) is 7. The lowest BCUT2D eigenvalue weighted by molar-refractivity contribution is -0.128. The molecule has 4 rings (SSSR count). The van der Waals surface area contributed by atoms with Crippen molar-refractivity contribution in [3.05, 3.63) is 53.9 Å². The minimum absolute atomic E-state index is 0.0369. The second kappa shape index (κ2) is 9.30. The van der Waals surface area contributed by atoms with E-state index in [1.54, 1.807) is 19.1 Å². The van der Waals surface area contributed by atoms with Crippen molar-refractivity contribution in [1.29, 1.82) is 0 Å². The number of ether oxygens (including phenoxy) is 3. The summed E-state index contributed by atoms with van der Waals surface area (Å²) in [6.45, 7) is 4.89. The molecule has 168 valence electrons. The summed E-state index contributed by atoms with van der Waals surface area (Å²) in [6.07, 6.45) is 0.437. The molecular weight excluding hydrogens is 410 g/mol. The Morgan fingerprint density at radius 2 is 1.84 bits per heavy atom. The van der Waals surface area contributed by atoms with Crippen LogP contribution in [0.3, 0.4) is 0 Å². The van der Waals surface area contributed by atoms with E-state index >= 15 is 0 Å². The third-order valence-corrected chi connectivity index (χ3v) is 5.34. The highest BCUT2D eigenvalue weighted by Crippen LogP contribution is 2.32. The van der Waals surface area contributed by atoms with Crippen molar-refractivity contribution in [3.63, 3.8) is 0 Å². The van der Waals surface area contributed by atoms with Gasteiger partial charge >= 0.3 is 0 Å². The lowest BCUT2D eigenvalue weighted by atomic mass is 10.1. The van der Waals surface area contributed by atoms with Crippen LogP contribution in [0.15, 0.2) is 47.0 Å². The summed E-state index contributed by atoms with van der Waals surface area (Å²) >= 11 is 0. The largest absolute Gasteiger partial charge is 0.497 e. The number of carbonyl (C=O) groups excluding carboxylic acids is 1. The minimum Gasteiger partial charge on any atom is -0.497 e. The van der Waals surface area contributed by atoms with Crippen LogP contribution in [0.1, 0.15) is 37.6 Å². The van der Waals surface area contributed by atoms with Gasteiger partial charge in [0.1, 0.15) is 17.2 Å². The Bertz CT molecular complexity index is 1080. The zero-order chi connectivity index (χ0) is 22.7. The van der Waals surface area contributed by atoms with Gasteiger partial charge in [-0.3, -0.25) is 4.79 Å². The van der Waals surface area contributed by atoms with Crippen LogP contribution in [0.2, 0.25) is 0 Å². The molecule has 0 spiro atoms. The number of nitrogens with zero attached hydrogens (tertiary/aromatic N) is 3. The van der Waals surface area contributed by atoms with E-state index in [1.807, 2.05) is 56.3 Å². The fraction of sp³-hybridized carbons (Fsp3) is 0.375. The van der Waals surface area contributed by atoms with Crippen molar-refractivity contribution in [2.45, 2.75) is 38.8 Å². The van der Waals surface area contributed by atoms with Crippen LogP contribution in [0.25, 0.3) is 11.4 Å². The normalized spacial score (nSPS) is 16.0. The van der Waals surface area contributed by atoms with Gasteiger partial charge in [-0.25, -0.2) is 0 Å². The molecule has 1 amide bonds. The van der Waals surface area contributed by atoms with Gasteiger partial charge in [-0.2, -0.15) is 4.98 Å². The Morgan fingerprint density at radius 3 is 2.53 bits per heavy atom. The fourth-order valence-electron chi connectivity index (χ4n) is 3.77. The van der Waals surface area contributed by atoms with E-state index in [4.69, 9.17) is 18.7 Å². The molecule has 1 fully saturated rings. The van der Waals surface area contributed by atoms with Gasteiger partial charge in [0, 0.05) is 30.6 Å². The van der Waals surface area contributed by atoms with Crippen molar-refractivity contribution in [3.8, 4) is 28.6 Å². The molecule has 0 radical (unpaired) electrons. The Labute approximate surface area is 187 Å². The van der Waals surface area contributed by atoms with Crippen LogP contribution < -0.4 is 14.2 Å². The predicted molar refractivity (Wildman–Crippen MR) is 118 cm³/mol. The maximum absolute atomic E-state index is 12.7. The first-order chi connectivity index (χ1) is 15.5. The van der Waals surface area contributed by atoms with Gasteiger partial charge in [-0.05, 0) is 56.3 Å². The molecule has 1 atom stereocenters. The number of carbonyl (C=O) groups is 1. The monoisotopic (exact) mass is 437 g/mol. The second-order valence-electron chi connectivity index (χ2n) is 8.00. The van der Waals surface area contributed by atoms with Gasteiger partial charge < -0.3 is 23.6 Å². The van der Waals surface area contributed by atoms with E-state index in [9.17, 15) is 4.79 Å². The highest BCUT2D eigenvalue weighted by Gasteiger charge is 2.34. The molecule has 2 heterocycles. The molecule has 1 aliphatic rings. The molecule has 1 saturated heterocycles. The van der Waals surface area contributed by atoms with E-state index in [-0.39, 0.29) is 17.9 Å². The molecular formula is C24H27N3O5. The molecule has 1 unspecified atom stereocenters. The number of amides is 1. The minimum atomic E-state index is -0.149. The zero-order valence-electron chi connectivity index (χ0n) is 18.7. The van der Waals surface area contributed by atoms with Crippen molar-refractivity contribution >= 4 is 5.91 Å². The molecule has 32 heavy (non-hydrogen) atoms. The maximum atomic E-state index is 12.7. The van der Waals surface area contributed by atoms with Crippen LogP contribution in [0.5, 0.6) is 17.2 Å². The lowest BCUT2D eigenvalue weighted by Gasteiger charge is -2.18. The predicted octanol–water partition coefficient (Wildman–Crippen LogP) is 4.06. The van der Waals surface area contributed by atoms with Gasteiger partial charge in [0.15, 0.2) is 0 Å². The summed E-state index contributed by atoms with van der Waals surface area (Å²) in [7, 11) is 3.22. The summed E-state index contributed by atoms with van der Waals surface area (Å²) < 4.78 is 21.9. The number of methoxy groups -OCH3 is 2. The molecule has 8 heteroatoms. The van der Waals surface area contributed by atoms with Crippen LogP contribution >= 0.6 is 0 Å². The van der Waals surface area contributed by atoms with E-state index < -0.39 is 0 Å². The molecule has 0 aliphatic carbocycles. The van der Waals surface area contributed by atoms with E-state index in [2.05, 4.69) is 10.1 Å². The first-order valence-corrected chi connectivity index (χ1v) is 10.6. The van der Waals surface area contributed by atoms with Crippen molar-refractivity contribution in [2.75, 3.05) is 20.8 Å². The van der Waals surface area contributed by atoms with Crippen LogP contribution in [-0.2, 0) is 11.3 Å². The van der Waals surface area contributed by atoms with Crippen molar-refractivity contribution in [2.24, 2.45) is 0 Å². The average Bonchev–Trinajstić information content (AvgIpc) is 3.41. The highest BCUT2D eigenvalue weighted by atomic mass is 16.5. The van der Waals surface area contributed by atoms with Gasteiger partial charge in [0.2, 0.25) is 17.6 Å². The number of rotatable bonds is 8. The van der Waals surface area contributed by atoms with Crippen LogP contribution in [0, 0.1) is 0 Å². The Morgan fingerprint density at radius 1 is 1.09 bits per heavy atom. The first-order valence-electron chi connectivity index (χ1n) is 10.6. The first kappa shape index (κ1) is 21.7. The molecule has 8 nitrogen and oxygen atoms in total. The van der Waals surface area contributed by atoms with E-state index in [0.717, 1.165) is 22.6 Å². The number of hydrogen-bond donors (Lipinski definition) is 0. The number of aromatic nitrogens is 2. The summed E-state index contributed by atoms with van der Waals surface area (Å²) in [5.74, 6) is 3.07. The summed E-state index contributed by atoms with van der Waals surface area (Å²) in [4.78, 5) is 19.0. The van der Waals surface area contributed by atoms with Crippen LogP contribution in [-0.4, -0.2) is 47.8 Å². The molecule has 2 aromatic carbocycles. The quantitative estimate of drug-likeness (QED) is 0.525. The Hall–Kier alpha value is -3.55. The summed E-state index contributed by atoms with van der Waals surface area (Å²) in [5.41, 5.74) is 1.72. The van der Waals surface area contributed by atoms with Gasteiger partial charge in [0.25, 0.3) is 0 Å². The zero-order valence-corrected chi connectivity index (χ0v) is 18.7. The smallest absolute Gasteiger partial charge is 0.232 e. The Kier molecular flexibility index (Phi) is 6.30. The van der Waals surface area contributed by atoms with Gasteiger partial charge in [0.05, 0.1) is 26.2 Å². The Balaban J connectivity index is 1.45. The fourth-order valence-corrected chi connectivity index (χ4v) is 3.77. The van der Waals surface area contributed by atoms with Gasteiger partial charge in [-0.15, -0.1) is 0 Å². The van der Waals surface area contributed by atoms with E-state index in [1.165, 1.54) is 0 Å². The molecule has 1 aliphatic heterocycles. The molecule has 3 aromatic rings. The van der Waals surface area contributed by atoms with Crippen LogP contribution in [0.4, 0.5) is 0 Å². The molecule has 0 bridgehead atoms. The summed E-state index contributed by atoms with van der Waals surface area (Å²) in [5, 5.41) is 4.11. The number of likely N-dealkylation sites (tertiary alicyclic amines) is 1. The standard InChI is InChI=1S/C24H27N3O5/c1-15(2)31-19-7-5-16(6-8-19)23-25-24(32-26-23)18-12-22(28)27(14-18)13-17-11-20(29-3)9-10-21(17)30-4/h5-11,15,18H,12-14H2,1-4H3. The SMILES string of the molecule is COc1ccc(OC)c(CN2CC(c3nc(-c4ccc(OC(C)C)cc4)no3)CC2=O)c1. The van der Waals surface area contributed by atoms with Gasteiger partial charge in [-0.1, -0.05) is 5.16 Å². The third-order valence-electron chi connectivity index (χ3n) is 5.34. The molecule has 0 N–H and O–H groups in total. The lowest BCUT2D eigenvalue weighted by Crippen LogP contribution is -2.24. The van der Waals surface area contributed by atoms with Crippen molar-refractivity contribution < 1.29 is 23.5 Å². The second-order valence-corrected chi connectivity index (χ2v) is 8.00. The topological polar surface area (TPSA) is 86.9 Å². The average molecular weight is 437 g/mol. The van der Waals surface area contributed by atoms with Crippen molar-refractivity contribution in [1.82, 2.24) is 15.0 Å². The third kappa shape index (κ3) is 4.69. The summed E-state index contributed by atoms with van der Waals surface area (Å²) in [6, 6.07) is 13.1. The number of benzene rings is 2. The molecule has 1 aromatic heterocycles. The highest BCUT2D eigenvalue weighted by molar-refractivity contribution is 5.79. The van der Waals surface area contributed by atoms with E-state index in [0.29, 0.717) is 37.0 Å². The molecule has 0 saturated carbocycles.